The van der Waals surface area contributed by atoms with E-state index in [1.165, 1.54) is 60.8 Å². The Morgan fingerprint density at radius 2 is 1.15 bits per heavy atom. The molecule has 26 heavy (non-hydrogen) atoms. The molecule has 0 saturated carbocycles. The van der Waals surface area contributed by atoms with Gasteiger partial charge in [-0.05, 0) is 24.7 Å². The number of hydrogen-bond donors (Lipinski definition) is 0. The number of ether oxygens (including phenoxy) is 2. The molecule has 0 aliphatic rings. The summed E-state index contributed by atoms with van der Waals surface area (Å²) in [4.78, 5) is 0. The van der Waals surface area contributed by atoms with E-state index in [0.29, 0.717) is 11.8 Å². The Morgan fingerprint density at radius 3 is 1.50 bits per heavy atom. The maximum Gasteiger partial charge on any atom is 0.175 e. The highest BCUT2D eigenvalue weighted by Gasteiger charge is 2.13. The third-order valence-corrected chi connectivity index (χ3v) is 7.29. The maximum atomic E-state index is 6.08. The number of unbranched alkanes of at least 4 members (excludes halogenated alkanes) is 2. The average molecular weight is 397 g/mol. The Hall–Kier alpha value is -0.740. The van der Waals surface area contributed by atoms with E-state index in [0.717, 1.165) is 23.3 Å². The third kappa shape index (κ3) is 6.77. The number of fused-ring (bicyclic) bond motifs is 1. The highest BCUT2D eigenvalue weighted by molar-refractivity contribution is 7.29. The summed E-state index contributed by atoms with van der Waals surface area (Å²) < 4.78 is 14.8. The second kappa shape index (κ2) is 11.9. The zero-order chi connectivity index (χ0) is 18.8. The van der Waals surface area contributed by atoms with E-state index >= 15 is 0 Å². The molecule has 2 aromatic heterocycles. The first kappa shape index (κ1) is 21.6. The SMILES string of the molecule is CCCCC(CC)COc1cc2sc(OCC(CC)CCCC)cc2s1. The topological polar surface area (TPSA) is 18.5 Å². The standard InChI is InChI=1S/C22H36O2S2/c1-5-9-11-17(7-3)15-23-21-13-19-20(25-21)14-22(26-19)24-16-18(8-4)12-10-6-2/h13-14,17-18H,5-12,15-16H2,1-4H3. The van der Waals surface area contributed by atoms with Crippen LogP contribution in [0.3, 0.4) is 0 Å². The minimum atomic E-state index is 0.683. The Labute approximate surface area is 167 Å². The molecule has 2 heterocycles. The van der Waals surface area contributed by atoms with E-state index < -0.39 is 0 Å². The number of hydrogen-bond acceptors (Lipinski definition) is 4. The minimum Gasteiger partial charge on any atom is -0.484 e. The van der Waals surface area contributed by atoms with Gasteiger partial charge in [-0.1, -0.05) is 88.9 Å². The first-order valence-electron chi connectivity index (χ1n) is 10.5. The molecule has 0 N–H and O–H groups in total. The van der Waals surface area contributed by atoms with Crippen LogP contribution in [0.1, 0.15) is 79.1 Å². The van der Waals surface area contributed by atoms with Crippen LogP contribution in [0.25, 0.3) is 9.40 Å². The van der Waals surface area contributed by atoms with Gasteiger partial charge in [-0.3, -0.25) is 0 Å². The van der Waals surface area contributed by atoms with Crippen molar-refractivity contribution in [3.05, 3.63) is 12.1 Å². The third-order valence-electron chi connectivity index (χ3n) is 5.17. The summed E-state index contributed by atoms with van der Waals surface area (Å²) in [6, 6.07) is 4.39. The quantitative estimate of drug-likeness (QED) is 0.321. The summed E-state index contributed by atoms with van der Waals surface area (Å²) in [6.45, 7) is 10.8. The molecule has 0 radical (unpaired) electrons. The second-order valence-corrected chi connectivity index (χ2v) is 9.41. The number of thiophene rings is 2. The van der Waals surface area contributed by atoms with Crippen LogP contribution in [0.2, 0.25) is 0 Å². The average Bonchev–Trinajstić information content (AvgIpc) is 3.20. The van der Waals surface area contributed by atoms with Crippen LogP contribution in [0.4, 0.5) is 0 Å². The van der Waals surface area contributed by atoms with Crippen molar-refractivity contribution in [3.8, 4) is 10.1 Å². The van der Waals surface area contributed by atoms with Crippen LogP contribution < -0.4 is 9.47 Å². The molecule has 0 saturated heterocycles. The predicted molar refractivity (Wildman–Crippen MR) is 117 cm³/mol. The van der Waals surface area contributed by atoms with Gasteiger partial charge in [0.15, 0.2) is 10.1 Å². The molecule has 0 aromatic carbocycles. The summed E-state index contributed by atoms with van der Waals surface area (Å²) in [5.74, 6) is 1.37. The zero-order valence-corrected chi connectivity index (χ0v) is 18.6. The van der Waals surface area contributed by atoms with Crippen molar-refractivity contribution in [2.45, 2.75) is 79.1 Å². The highest BCUT2D eigenvalue weighted by atomic mass is 32.1. The van der Waals surface area contributed by atoms with Crippen LogP contribution in [-0.4, -0.2) is 13.2 Å². The lowest BCUT2D eigenvalue weighted by molar-refractivity contribution is 0.239. The van der Waals surface area contributed by atoms with Crippen molar-refractivity contribution in [3.63, 3.8) is 0 Å². The van der Waals surface area contributed by atoms with Crippen LogP contribution in [-0.2, 0) is 0 Å². The van der Waals surface area contributed by atoms with Gasteiger partial charge in [0, 0.05) is 12.1 Å². The molecule has 0 amide bonds. The molecule has 0 bridgehead atoms. The second-order valence-electron chi connectivity index (χ2n) is 7.31. The monoisotopic (exact) mass is 396 g/mol. The zero-order valence-electron chi connectivity index (χ0n) is 17.0. The van der Waals surface area contributed by atoms with Crippen molar-refractivity contribution in [1.29, 1.82) is 0 Å². The lowest BCUT2D eigenvalue weighted by Gasteiger charge is -2.14. The van der Waals surface area contributed by atoms with Crippen LogP contribution in [0.5, 0.6) is 10.1 Å². The van der Waals surface area contributed by atoms with Gasteiger partial charge in [0.25, 0.3) is 0 Å². The Morgan fingerprint density at radius 1 is 0.731 bits per heavy atom. The summed E-state index contributed by atoms with van der Waals surface area (Å²) >= 11 is 3.51. The molecule has 2 unspecified atom stereocenters. The van der Waals surface area contributed by atoms with Gasteiger partial charge in [0.05, 0.1) is 22.6 Å². The van der Waals surface area contributed by atoms with Crippen molar-refractivity contribution in [2.75, 3.05) is 13.2 Å². The lowest BCUT2D eigenvalue weighted by Crippen LogP contribution is -2.10. The summed E-state index contributed by atoms with van der Waals surface area (Å²) in [6.07, 6.45) is 10.1. The van der Waals surface area contributed by atoms with Gasteiger partial charge >= 0.3 is 0 Å². The van der Waals surface area contributed by atoms with Gasteiger partial charge in [0.1, 0.15) is 0 Å². The van der Waals surface area contributed by atoms with Crippen molar-refractivity contribution >= 4 is 32.1 Å². The Balaban J connectivity index is 1.84. The molecule has 0 fully saturated rings. The van der Waals surface area contributed by atoms with Crippen molar-refractivity contribution in [1.82, 2.24) is 0 Å². The molecule has 2 aromatic rings. The largest absolute Gasteiger partial charge is 0.484 e. The maximum absolute atomic E-state index is 6.08. The fourth-order valence-electron chi connectivity index (χ4n) is 3.13. The summed E-state index contributed by atoms with van der Waals surface area (Å²) in [7, 11) is 0. The van der Waals surface area contributed by atoms with Gasteiger partial charge in [-0.25, -0.2) is 0 Å². The van der Waals surface area contributed by atoms with Crippen molar-refractivity contribution in [2.24, 2.45) is 11.8 Å². The molecule has 0 aliphatic heterocycles. The van der Waals surface area contributed by atoms with E-state index in [1.807, 2.05) is 0 Å². The number of rotatable bonds is 14. The molecule has 2 rings (SSSR count). The first-order valence-corrected chi connectivity index (χ1v) is 12.1. The molecular formula is C22H36O2S2. The summed E-state index contributed by atoms with van der Waals surface area (Å²) in [5, 5.41) is 2.12. The molecule has 2 atom stereocenters. The first-order chi connectivity index (χ1) is 12.7. The van der Waals surface area contributed by atoms with Gasteiger partial charge in [-0.2, -0.15) is 0 Å². The summed E-state index contributed by atoms with van der Waals surface area (Å²) in [5.41, 5.74) is 0. The van der Waals surface area contributed by atoms with Gasteiger partial charge in [0.2, 0.25) is 0 Å². The van der Waals surface area contributed by atoms with Crippen LogP contribution in [0.15, 0.2) is 12.1 Å². The molecule has 0 aliphatic carbocycles. The van der Waals surface area contributed by atoms with Crippen LogP contribution >= 0.6 is 22.7 Å². The fourth-order valence-corrected chi connectivity index (χ4v) is 5.22. The van der Waals surface area contributed by atoms with Crippen molar-refractivity contribution < 1.29 is 9.47 Å². The normalized spacial score (nSPS) is 13.8. The van der Waals surface area contributed by atoms with E-state index in [-0.39, 0.29) is 0 Å². The van der Waals surface area contributed by atoms with E-state index in [4.69, 9.17) is 9.47 Å². The van der Waals surface area contributed by atoms with Gasteiger partial charge < -0.3 is 9.47 Å². The van der Waals surface area contributed by atoms with E-state index in [9.17, 15) is 0 Å². The van der Waals surface area contributed by atoms with E-state index in [1.54, 1.807) is 22.7 Å². The van der Waals surface area contributed by atoms with Crippen LogP contribution in [0, 0.1) is 11.8 Å². The minimum absolute atomic E-state index is 0.683. The Bertz CT molecular complexity index is 536. The molecule has 2 nitrogen and oxygen atoms in total. The van der Waals surface area contributed by atoms with Gasteiger partial charge in [-0.15, -0.1) is 0 Å². The highest BCUT2D eigenvalue weighted by Crippen LogP contribution is 2.41. The smallest absolute Gasteiger partial charge is 0.175 e. The molecule has 0 spiro atoms. The molecule has 4 heteroatoms. The Kier molecular flexibility index (Phi) is 9.84. The fraction of sp³-hybridized carbons (Fsp3) is 0.727. The molecular weight excluding hydrogens is 360 g/mol. The predicted octanol–water partition coefficient (Wildman–Crippen LogP) is 8.15. The lowest BCUT2D eigenvalue weighted by atomic mass is 10.0. The molecule has 148 valence electrons. The van der Waals surface area contributed by atoms with E-state index in [2.05, 4.69) is 39.8 Å².